The second-order valence-corrected chi connectivity index (χ2v) is 5.95. The maximum absolute atomic E-state index is 10.7. The average Bonchev–Trinajstić information content (AvgIpc) is 2.89. The highest BCUT2D eigenvalue weighted by Gasteiger charge is 2.16. The highest BCUT2D eigenvalue weighted by molar-refractivity contribution is 7.13. The van der Waals surface area contributed by atoms with Crippen LogP contribution in [0.3, 0.4) is 0 Å². The molecule has 0 saturated heterocycles. The third-order valence-corrected chi connectivity index (χ3v) is 4.10. The molecule has 0 aliphatic heterocycles. The second-order valence-electron chi connectivity index (χ2n) is 5.06. The quantitative estimate of drug-likeness (QED) is 0.642. The van der Waals surface area contributed by atoms with E-state index in [1.807, 2.05) is 23.6 Å². The third kappa shape index (κ3) is 3.65. The van der Waals surface area contributed by atoms with Gasteiger partial charge in [0, 0.05) is 24.0 Å². The zero-order valence-corrected chi connectivity index (χ0v) is 12.4. The molecule has 1 unspecified atom stereocenters. The van der Waals surface area contributed by atoms with Crippen molar-refractivity contribution in [3.63, 3.8) is 0 Å². The predicted molar refractivity (Wildman–Crippen MR) is 81.8 cm³/mol. The van der Waals surface area contributed by atoms with Crippen LogP contribution in [0, 0.1) is 16.0 Å². The molecule has 1 aromatic heterocycles. The molecule has 1 aromatic carbocycles. The van der Waals surface area contributed by atoms with E-state index in [1.165, 1.54) is 16.9 Å². The summed E-state index contributed by atoms with van der Waals surface area (Å²) in [7, 11) is 0. The zero-order chi connectivity index (χ0) is 14.5. The lowest BCUT2D eigenvalue weighted by atomic mass is 9.96. The molecule has 0 aliphatic rings. The van der Waals surface area contributed by atoms with Crippen molar-refractivity contribution in [2.45, 2.75) is 26.4 Å². The molecule has 0 fully saturated rings. The van der Waals surface area contributed by atoms with Crippen molar-refractivity contribution in [2.75, 3.05) is 0 Å². The predicted octanol–water partition coefficient (Wildman–Crippen LogP) is 4.14. The zero-order valence-electron chi connectivity index (χ0n) is 11.6. The van der Waals surface area contributed by atoms with Gasteiger partial charge in [0.2, 0.25) is 0 Å². The van der Waals surface area contributed by atoms with Crippen LogP contribution >= 0.6 is 11.3 Å². The Balaban J connectivity index is 2.04. The lowest BCUT2D eigenvalue weighted by molar-refractivity contribution is -0.380. The molecule has 0 saturated carbocycles. The van der Waals surface area contributed by atoms with Crippen molar-refractivity contribution < 1.29 is 4.92 Å². The van der Waals surface area contributed by atoms with Gasteiger partial charge in [-0.05, 0) is 17.0 Å². The molecule has 0 radical (unpaired) electrons. The van der Waals surface area contributed by atoms with Crippen molar-refractivity contribution in [1.82, 2.24) is 5.32 Å². The van der Waals surface area contributed by atoms with Crippen LogP contribution in [0.5, 0.6) is 0 Å². The minimum atomic E-state index is -0.342. The fourth-order valence-electron chi connectivity index (χ4n) is 2.18. The van der Waals surface area contributed by atoms with Gasteiger partial charge in [-0.3, -0.25) is 10.1 Å². The Bertz CT molecular complexity index is 566. The van der Waals surface area contributed by atoms with Crippen LogP contribution in [0.1, 0.15) is 31.0 Å². The number of thiophene rings is 1. The Morgan fingerprint density at radius 2 is 2.00 bits per heavy atom. The van der Waals surface area contributed by atoms with E-state index in [2.05, 4.69) is 31.3 Å². The molecule has 2 aromatic rings. The Hall–Kier alpha value is -1.72. The minimum absolute atomic E-state index is 0.197. The maximum atomic E-state index is 10.7. The van der Waals surface area contributed by atoms with E-state index in [-0.39, 0.29) is 16.0 Å². The lowest BCUT2D eigenvalue weighted by Gasteiger charge is -2.22. The smallest absolute Gasteiger partial charge is 0.306 e. The summed E-state index contributed by atoms with van der Waals surface area (Å²) in [6.45, 7) is 4.98. The first-order valence-electron chi connectivity index (χ1n) is 6.58. The summed E-state index contributed by atoms with van der Waals surface area (Å²) in [6.07, 6.45) is 0. The van der Waals surface area contributed by atoms with Gasteiger partial charge < -0.3 is 5.32 Å². The summed E-state index contributed by atoms with van der Waals surface area (Å²) in [6, 6.07) is 12.2. The van der Waals surface area contributed by atoms with Crippen molar-refractivity contribution in [3.05, 3.63) is 63.0 Å². The molecule has 0 amide bonds. The summed E-state index contributed by atoms with van der Waals surface area (Å²) < 4.78 is 0. The van der Waals surface area contributed by atoms with Crippen LogP contribution in [0.25, 0.3) is 0 Å². The largest absolute Gasteiger partial charge is 0.324 e. The van der Waals surface area contributed by atoms with Crippen molar-refractivity contribution >= 4 is 16.3 Å². The third-order valence-electron chi connectivity index (χ3n) is 3.17. The van der Waals surface area contributed by atoms with E-state index in [9.17, 15) is 10.1 Å². The maximum Gasteiger partial charge on any atom is 0.324 e. The molecular formula is C15H18N2O2S. The Labute approximate surface area is 122 Å². The molecule has 0 spiro atoms. The summed E-state index contributed by atoms with van der Waals surface area (Å²) in [4.78, 5) is 10.3. The standard InChI is InChI=1S/C15H18N2O2S/c1-11(2)15(13-6-4-3-5-7-13)16-9-12-8-14(17(18)19)20-10-12/h3-8,10-11,15-16H,9H2,1-2H3. The first kappa shape index (κ1) is 14.7. The van der Waals surface area contributed by atoms with E-state index in [1.54, 1.807) is 6.07 Å². The van der Waals surface area contributed by atoms with Crippen LogP contribution < -0.4 is 5.32 Å². The second kappa shape index (κ2) is 6.63. The fourth-order valence-corrected chi connectivity index (χ4v) is 2.91. The van der Waals surface area contributed by atoms with Gasteiger partial charge in [0.25, 0.3) is 0 Å². The van der Waals surface area contributed by atoms with Gasteiger partial charge in [-0.2, -0.15) is 0 Å². The van der Waals surface area contributed by atoms with Gasteiger partial charge in [0.15, 0.2) is 0 Å². The summed E-state index contributed by atoms with van der Waals surface area (Å²) in [5.41, 5.74) is 2.20. The van der Waals surface area contributed by atoms with Crippen molar-refractivity contribution in [2.24, 2.45) is 5.92 Å². The normalized spacial score (nSPS) is 12.6. The molecular weight excluding hydrogens is 272 g/mol. The lowest BCUT2D eigenvalue weighted by Crippen LogP contribution is -2.25. The SMILES string of the molecule is CC(C)C(NCc1csc([N+](=O)[O-])c1)c1ccccc1. The van der Waals surface area contributed by atoms with Gasteiger partial charge in [-0.1, -0.05) is 55.5 Å². The van der Waals surface area contributed by atoms with E-state index >= 15 is 0 Å². The van der Waals surface area contributed by atoms with Crippen LogP contribution in [0.4, 0.5) is 5.00 Å². The van der Waals surface area contributed by atoms with Crippen molar-refractivity contribution in [1.29, 1.82) is 0 Å². The number of nitrogens with zero attached hydrogens (tertiary/aromatic N) is 1. The Morgan fingerprint density at radius 1 is 1.30 bits per heavy atom. The molecule has 0 aliphatic carbocycles. The first-order chi connectivity index (χ1) is 9.58. The topological polar surface area (TPSA) is 55.2 Å². The molecule has 5 heteroatoms. The molecule has 106 valence electrons. The highest BCUT2D eigenvalue weighted by atomic mass is 32.1. The van der Waals surface area contributed by atoms with Crippen LogP contribution in [-0.4, -0.2) is 4.92 Å². The molecule has 1 atom stereocenters. The summed E-state index contributed by atoms with van der Waals surface area (Å²) in [5, 5.41) is 16.2. The number of nitrogens with one attached hydrogen (secondary N) is 1. The van der Waals surface area contributed by atoms with E-state index in [4.69, 9.17) is 0 Å². The number of hydrogen-bond donors (Lipinski definition) is 1. The fraction of sp³-hybridized carbons (Fsp3) is 0.333. The number of hydrogen-bond acceptors (Lipinski definition) is 4. The number of rotatable bonds is 6. The first-order valence-corrected chi connectivity index (χ1v) is 7.46. The van der Waals surface area contributed by atoms with E-state index in [0.717, 1.165) is 5.56 Å². The molecule has 4 nitrogen and oxygen atoms in total. The highest BCUT2D eigenvalue weighted by Crippen LogP contribution is 2.25. The Kier molecular flexibility index (Phi) is 4.87. The Morgan fingerprint density at radius 3 is 2.55 bits per heavy atom. The summed E-state index contributed by atoms with van der Waals surface area (Å²) in [5.74, 6) is 0.450. The van der Waals surface area contributed by atoms with Crippen LogP contribution in [0.15, 0.2) is 41.8 Å². The monoisotopic (exact) mass is 290 g/mol. The summed E-state index contributed by atoms with van der Waals surface area (Å²) >= 11 is 1.17. The van der Waals surface area contributed by atoms with Gasteiger partial charge in [0.05, 0.1) is 4.92 Å². The molecule has 1 heterocycles. The van der Waals surface area contributed by atoms with E-state index < -0.39 is 0 Å². The van der Waals surface area contributed by atoms with Gasteiger partial charge in [0.1, 0.15) is 0 Å². The molecule has 1 N–H and O–H groups in total. The van der Waals surface area contributed by atoms with E-state index in [0.29, 0.717) is 12.5 Å². The van der Waals surface area contributed by atoms with Crippen molar-refractivity contribution in [3.8, 4) is 0 Å². The van der Waals surface area contributed by atoms with Crippen LogP contribution in [0.2, 0.25) is 0 Å². The average molecular weight is 290 g/mol. The minimum Gasteiger partial charge on any atom is -0.306 e. The number of nitro groups is 1. The van der Waals surface area contributed by atoms with Gasteiger partial charge >= 0.3 is 5.00 Å². The van der Waals surface area contributed by atoms with Crippen LogP contribution in [-0.2, 0) is 6.54 Å². The van der Waals surface area contributed by atoms with Gasteiger partial charge in [-0.25, -0.2) is 0 Å². The van der Waals surface area contributed by atoms with Gasteiger partial charge in [-0.15, -0.1) is 0 Å². The molecule has 0 bridgehead atoms. The molecule has 2 rings (SSSR count). The molecule has 20 heavy (non-hydrogen) atoms. The number of benzene rings is 1.